The van der Waals surface area contributed by atoms with E-state index in [0.29, 0.717) is 11.8 Å². The van der Waals surface area contributed by atoms with Crippen LogP contribution in [0.25, 0.3) is 0 Å². The molecule has 1 aromatic carbocycles. The fraction of sp³-hybridized carbons (Fsp3) is 0.500. The highest BCUT2D eigenvalue weighted by molar-refractivity contribution is 5.94. The molecule has 0 saturated carbocycles. The van der Waals surface area contributed by atoms with Gasteiger partial charge >= 0.3 is 0 Å². The Morgan fingerprint density at radius 2 is 1.48 bits per heavy atom. The molecule has 5 nitrogen and oxygen atoms in total. The van der Waals surface area contributed by atoms with E-state index in [0.717, 1.165) is 5.56 Å². The summed E-state index contributed by atoms with van der Waals surface area (Å²) in [6, 6.07) is 8.61. The van der Waals surface area contributed by atoms with Crippen LogP contribution in [-0.2, 0) is 9.47 Å². The lowest BCUT2D eigenvalue weighted by molar-refractivity contribution is 0.155. The molecule has 0 unspecified atom stereocenters. The predicted octanol–water partition coefficient (Wildman–Crippen LogP) is 2.22. The summed E-state index contributed by atoms with van der Waals surface area (Å²) in [5, 5.41) is 10.6. The molecule has 114 valence electrons. The summed E-state index contributed by atoms with van der Waals surface area (Å²) in [6.45, 7) is 4.09. The highest BCUT2D eigenvalue weighted by Gasteiger charge is 2.35. The molecule has 1 aliphatic rings. The van der Waals surface area contributed by atoms with E-state index in [1.165, 1.54) is 0 Å². The van der Waals surface area contributed by atoms with Gasteiger partial charge in [-0.2, -0.15) is 0 Å². The SMILES string of the molecule is COC1=N[C@H]([C@@H](O)c2ccccc2)C(OC)=N[C@H]1C(C)C. The maximum Gasteiger partial charge on any atom is 0.212 e. The summed E-state index contributed by atoms with van der Waals surface area (Å²) in [6.07, 6.45) is -0.817. The van der Waals surface area contributed by atoms with Crippen LogP contribution >= 0.6 is 0 Å². The third-order valence-electron chi connectivity index (χ3n) is 3.53. The van der Waals surface area contributed by atoms with Crippen LogP contribution in [0.1, 0.15) is 25.5 Å². The zero-order chi connectivity index (χ0) is 15.4. The fourth-order valence-corrected chi connectivity index (χ4v) is 2.36. The van der Waals surface area contributed by atoms with Gasteiger partial charge in [-0.25, -0.2) is 9.98 Å². The lowest BCUT2D eigenvalue weighted by Crippen LogP contribution is -2.40. The summed E-state index contributed by atoms with van der Waals surface area (Å²) in [5.41, 5.74) is 0.773. The smallest absolute Gasteiger partial charge is 0.212 e. The van der Waals surface area contributed by atoms with Crippen molar-refractivity contribution in [3.8, 4) is 0 Å². The number of aliphatic hydroxyl groups excluding tert-OH is 1. The van der Waals surface area contributed by atoms with E-state index in [-0.39, 0.29) is 12.0 Å². The molecular weight excluding hydrogens is 268 g/mol. The van der Waals surface area contributed by atoms with Crippen molar-refractivity contribution in [3.05, 3.63) is 35.9 Å². The Hall–Kier alpha value is -1.88. The molecule has 1 heterocycles. The second-order valence-corrected chi connectivity index (χ2v) is 5.33. The molecule has 3 atom stereocenters. The Kier molecular flexibility index (Phi) is 4.96. The highest BCUT2D eigenvalue weighted by atomic mass is 16.5. The second kappa shape index (κ2) is 6.72. The molecule has 5 heteroatoms. The van der Waals surface area contributed by atoms with E-state index >= 15 is 0 Å². The number of aliphatic imine (C=N–C) groups is 2. The molecular formula is C16H22N2O3. The number of methoxy groups -OCH3 is 2. The van der Waals surface area contributed by atoms with E-state index in [1.54, 1.807) is 14.2 Å². The zero-order valence-electron chi connectivity index (χ0n) is 12.9. The Morgan fingerprint density at radius 3 is 2.00 bits per heavy atom. The Balaban J connectivity index is 2.34. The van der Waals surface area contributed by atoms with E-state index in [1.807, 2.05) is 44.2 Å². The molecule has 0 saturated heterocycles. The maximum absolute atomic E-state index is 10.6. The van der Waals surface area contributed by atoms with Gasteiger partial charge in [0.25, 0.3) is 0 Å². The van der Waals surface area contributed by atoms with Crippen LogP contribution < -0.4 is 0 Å². The van der Waals surface area contributed by atoms with Gasteiger partial charge < -0.3 is 14.6 Å². The topological polar surface area (TPSA) is 63.4 Å². The minimum Gasteiger partial charge on any atom is -0.483 e. The zero-order valence-corrected chi connectivity index (χ0v) is 12.9. The summed E-state index contributed by atoms with van der Waals surface area (Å²) in [4.78, 5) is 9.08. The molecule has 0 radical (unpaired) electrons. The third-order valence-corrected chi connectivity index (χ3v) is 3.53. The second-order valence-electron chi connectivity index (χ2n) is 5.33. The molecule has 21 heavy (non-hydrogen) atoms. The van der Waals surface area contributed by atoms with E-state index < -0.39 is 12.1 Å². The van der Waals surface area contributed by atoms with Crippen molar-refractivity contribution >= 4 is 11.8 Å². The molecule has 0 fully saturated rings. The highest BCUT2D eigenvalue weighted by Crippen LogP contribution is 2.26. The first kappa shape index (κ1) is 15.5. The molecule has 1 aliphatic heterocycles. The van der Waals surface area contributed by atoms with Crippen LogP contribution in [0.2, 0.25) is 0 Å². The van der Waals surface area contributed by atoms with E-state index in [4.69, 9.17) is 9.47 Å². The summed E-state index contributed by atoms with van der Waals surface area (Å²) < 4.78 is 10.7. The average molecular weight is 290 g/mol. The van der Waals surface area contributed by atoms with Gasteiger partial charge in [-0.15, -0.1) is 0 Å². The number of aliphatic hydroxyl groups is 1. The van der Waals surface area contributed by atoms with Gasteiger partial charge in [-0.3, -0.25) is 0 Å². The van der Waals surface area contributed by atoms with Crippen molar-refractivity contribution in [2.75, 3.05) is 14.2 Å². The first-order valence-corrected chi connectivity index (χ1v) is 7.04. The maximum atomic E-state index is 10.6. The van der Waals surface area contributed by atoms with Crippen LogP contribution in [0.4, 0.5) is 0 Å². The number of hydrogen-bond acceptors (Lipinski definition) is 5. The minimum absolute atomic E-state index is 0.177. The Bertz CT molecular complexity index is 526. The van der Waals surface area contributed by atoms with Crippen molar-refractivity contribution in [3.63, 3.8) is 0 Å². The van der Waals surface area contributed by atoms with Crippen molar-refractivity contribution in [2.24, 2.45) is 15.9 Å². The molecule has 0 amide bonds. The molecule has 0 bridgehead atoms. The molecule has 1 N–H and O–H groups in total. The summed E-state index contributed by atoms with van der Waals surface area (Å²) in [7, 11) is 3.13. The van der Waals surface area contributed by atoms with Crippen LogP contribution in [0.15, 0.2) is 40.3 Å². The van der Waals surface area contributed by atoms with Gasteiger partial charge in [0.2, 0.25) is 11.8 Å². The molecule has 0 spiro atoms. The third kappa shape index (κ3) is 3.24. The van der Waals surface area contributed by atoms with Crippen LogP contribution in [-0.4, -0.2) is 43.2 Å². The van der Waals surface area contributed by atoms with Gasteiger partial charge in [-0.1, -0.05) is 44.2 Å². The predicted molar refractivity (Wildman–Crippen MR) is 82.7 cm³/mol. The molecule has 2 rings (SSSR count). The quantitative estimate of drug-likeness (QED) is 0.928. The number of benzene rings is 1. The van der Waals surface area contributed by atoms with Gasteiger partial charge in [0.15, 0.2) is 6.04 Å². The lowest BCUT2D eigenvalue weighted by atomic mass is 9.98. The normalized spacial score (nSPS) is 23.3. The Morgan fingerprint density at radius 1 is 0.952 bits per heavy atom. The van der Waals surface area contributed by atoms with Crippen LogP contribution in [0.5, 0.6) is 0 Å². The van der Waals surface area contributed by atoms with Crippen LogP contribution in [0, 0.1) is 5.92 Å². The number of ether oxygens (including phenoxy) is 2. The van der Waals surface area contributed by atoms with Crippen molar-refractivity contribution in [1.29, 1.82) is 0 Å². The monoisotopic (exact) mass is 290 g/mol. The minimum atomic E-state index is -0.817. The number of nitrogens with zero attached hydrogens (tertiary/aromatic N) is 2. The molecule has 0 aromatic heterocycles. The van der Waals surface area contributed by atoms with Crippen molar-refractivity contribution < 1.29 is 14.6 Å². The largest absolute Gasteiger partial charge is 0.483 e. The van der Waals surface area contributed by atoms with Gasteiger partial charge in [0, 0.05) is 0 Å². The van der Waals surface area contributed by atoms with Crippen LogP contribution in [0.3, 0.4) is 0 Å². The van der Waals surface area contributed by atoms with Crippen molar-refractivity contribution in [2.45, 2.75) is 32.0 Å². The summed E-state index contributed by atoms with van der Waals surface area (Å²) >= 11 is 0. The average Bonchev–Trinajstić information content (AvgIpc) is 2.53. The van der Waals surface area contributed by atoms with E-state index in [9.17, 15) is 5.11 Å². The Labute approximate surface area is 125 Å². The first-order chi connectivity index (χ1) is 10.1. The van der Waals surface area contributed by atoms with Crippen molar-refractivity contribution in [1.82, 2.24) is 0 Å². The number of rotatable bonds is 3. The van der Waals surface area contributed by atoms with Gasteiger partial charge in [-0.05, 0) is 11.5 Å². The van der Waals surface area contributed by atoms with Gasteiger partial charge in [0.05, 0.1) is 14.2 Å². The lowest BCUT2D eigenvalue weighted by Gasteiger charge is -2.29. The molecule has 1 aromatic rings. The van der Waals surface area contributed by atoms with E-state index in [2.05, 4.69) is 9.98 Å². The molecule has 0 aliphatic carbocycles. The first-order valence-electron chi connectivity index (χ1n) is 7.04. The number of hydrogen-bond donors (Lipinski definition) is 1. The van der Waals surface area contributed by atoms with Gasteiger partial charge in [0.1, 0.15) is 12.1 Å². The standard InChI is InChI=1S/C16H22N2O3/c1-10(2)12-15(20-3)18-13(16(17-12)21-4)14(19)11-8-6-5-7-9-11/h5-10,12-14,19H,1-4H3/t12-,13+,14-/m0/s1. The summed E-state index contributed by atoms with van der Waals surface area (Å²) in [5.74, 6) is 1.21. The fourth-order valence-electron chi connectivity index (χ4n) is 2.36.